The van der Waals surface area contributed by atoms with Gasteiger partial charge in [-0.1, -0.05) is 0 Å². The van der Waals surface area contributed by atoms with E-state index in [1.54, 1.807) is 6.92 Å². The van der Waals surface area contributed by atoms with Gasteiger partial charge in [-0.15, -0.1) is 0 Å². The molecule has 0 aliphatic carbocycles. The van der Waals surface area contributed by atoms with Crippen LogP contribution in [0.4, 0.5) is 5.82 Å². The van der Waals surface area contributed by atoms with Crippen molar-refractivity contribution in [3.8, 4) is 0 Å². The molecule has 1 unspecified atom stereocenters. The van der Waals surface area contributed by atoms with Gasteiger partial charge in [-0.2, -0.15) is 0 Å². The van der Waals surface area contributed by atoms with Gasteiger partial charge < -0.3 is 14.7 Å². The molecule has 2 rings (SSSR count). The summed E-state index contributed by atoms with van der Waals surface area (Å²) in [5, 5.41) is 9.84. The molecule has 6 heteroatoms. The number of nitrogens with zero attached hydrogens (tertiary/aromatic N) is 3. The number of methoxy groups -OCH3 is 1. The number of ether oxygens (including phenoxy) is 1. The first kappa shape index (κ1) is 11.8. The predicted octanol–water partition coefficient (Wildman–Crippen LogP) is 0.224. The molecule has 1 aromatic rings. The Morgan fingerprint density at radius 1 is 1.53 bits per heavy atom. The number of hydrogen-bond acceptors (Lipinski definition) is 6. The fraction of sp³-hybridized carbons (Fsp3) is 0.545. The molecule has 1 N–H and O–H groups in total. The molecule has 0 spiro atoms. The van der Waals surface area contributed by atoms with Gasteiger partial charge in [0.25, 0.3) is 0 Å². The summed E-state index contributed by atoms with van der Waals surface area (Å²) >= 11 is 0. The molecule has 0 saturated carbocycles. The molecule has 0 amide bonds. The van der Waals surface area contributed by atoms with Crippen molar-refractivity contribution < 1.29 is 14.6 Å². The molecule has 1 saturated heterocycles. The quantitative estimate of drug-likeness (QED) is 0.742. The van der Waals surface area contributed by atoms with Crippen LogP contribution in [0.2, 0.25) is 0 Å². The summed E-state index contributed by atoms with van der Waals surface area (Å²) in [5.74, 6) is 0.160. The lowest BCUT2D eigenvalue weighted by Crippen LogP contribution is -2.30. The molecule has 1 aromatic heterocycles. The first-order valence-electron chi connectivity index (χ1n) is 5.39. The topological polar surface area (TPSA) is 75.5 Å². The van der Waals surface area contributed by atoms with Crippen LogP contribution in [0.1, 0.15) is 23.8 Å². The Kier molecular flexibility index (Phi) is 2.97. The second kappa shape index (κ2) is 4.29. The zero-order valence-corrected chi connectivity index (χ0v) is 9.88. The maximum absolute atomic E-state index is 11.2. The molecular formula is C11H15N3O3. The second-order valence-corrected chi connectivity index (χ2v) is 4.42. The van der Waals surface area contributed by atoms with Crippen LogP contribution in [0.25, 0.3) is 0 Å². The van der Waals surface area contributed by atoms with Gasteiger partial charge in [0.15, 0.2) is 5.69 Å². The van der Waals surface area contributed by atoms with E-state index >= 15 is 0 Å². The average Bonchev–Trinajstić information content (AvgIpc) is 2.69. The fourth-order valence-corrected chi connectivity index (χ4v) is 1.84. The molecule has 1 aliphatic rings. The van der Waals surface area contributed by atoms with E-state index in [0.717, 1.165) is 6.54 Å². The summed E-state index contributed by atoms with van der Waals surface area (Å²) in [7, 11) is 1.30. The number of hydrogen-bond donors (Lipinski definition) is 1. The molecule has 1 atom stereocenters. The summed E-state index contributed by atoms with van der Waals surface area (Å²) in [6.07, 6.45) is 3.61. The minimum Gasteiger partial charge on any atom is -0.464 e. The third-order valence-corrected chi connectivity index (χ3v) is 2.81. The van der Waals surface area contributed by atoms with E-state index in [1.165, 1.54) is 19.5 Å². The van der Waals surface area contributed by atoms with Crippen LogP contribution in [0.5, 0.6) is 0 Å². The van der Waals surface area contributed by atoms with Gasteiger partial charge in [0, 0.05) is 13.1 Å². The molecule has 0 aromatic carbocycles. The maximum atomic E-state index is 11.2. The van der Waals surface area contributed by atoms with Gasteiger partial charge in [-0.3, -0.25) is 0 Å². The second-order valence-electron chi connectivity index (χ2n) is 4.42. The highest BCUT2D eigenvalue weighted by molar-refractivity contribution is 5.86. The monoisotopic (exact) mass is 237 g/mol. The number of aliphatic hydroxyl groups is 1. The highest BCUT2D eigenvalue weighted by atomic mass is 16.5. The van der Waals surface area contributed by atoms with Gasteiger partial charge in [0.2, 0.25) is 0 Å². The van der Waals surface area contributed by atoms with Crippen molar-refractivity contribution in [3.05, 3.63) is 18.1 Å². The van der Waals surface area contributed by atoms with Gasteiger partial charge in [-0.25, -0.2) is 14.8 Å². The van der Waals surface area contributed by atoms with Gasteiger partial charge >= 0.3 is 5.97 Å². The van der Waals surface area contributed by atoms with Crippen LogP contribution >= 0.6 is 0 Å². The number of anilines is 1. The molecule has 1 fully saturated rings. The molecule has 17 heavy (non-hydrogen) atoms. The van der Waals surface area contributed by atoms with E-state index in [2.05, 4.69) is 14.7 Å². The van der Waals surface area contributed by atoms with Crippen LogP contribution in [0.15, 0.2) is 12.4 Å². The summed E-state index contributed by atoms with van der Waals surface area (Å²) in [4.78, 5) is 21.2. The molecule has 1 aliphatic heterocycles. The lowest BCUT2D eigenvalue weighted by molar-refractivity contribution is 0.0593. The largest absolute Gasteiger partial charge is 0.464 e. The van der Waals surface area contributed by atoms with E-state index in [9.17, 15) is 9.90 Å². The number of rotatable bonds is 2. The Morgan fingerprint density at radius 3 is 2.76 bits per heavy atom. The number of esters is 1. The normalized spacial score (nSPS) is 23.8. The summed E-state index contributed by atoms with van der Waals surface area (Å²) < 4.78 is 4.54. The number of carbonyl (C=O) groups excluding carboxylic acids is 1. The lowest BCUT2D eigenvalue weighted by Gasteiger charge is -2.19. The maximum Gasteiger partial charge on any atom is 0.358 e. The summed E-state index contributed by atoms with van der Waals surface area (Å²) in [6.45, 7) is 3.06. The smallest absolute Gasteiger partial charge is 0.358 e. The lowest BCUT2D eigenvalue weighted by atomic mass is 10.1. The Balaban J connectivity index is 2.11. The first-order chi connectivity index (χ1) is 8.02. The van der Waals surface area contributed by atoms with Crippen molar-refractivity contribution in [1.82, 2.24) is 9.97 Å². The minimum atomic E-state index is -0.678. The van der Waals surface area contributed by atoms with Crippen LogP contribution < -0.4 is 4.90 Å². The molecule has 0 radical (unpaired) electrons. The molecule has 6 nitrogen and oxygen atoms in total. The predicted molar refractivity (Wildman–Crippen MR) is 60.8 cm³/mol. The van der Waals surface area contributed by atoms with Crippen molar-refractivity contribution in [1.29, 1.82) is 0 Å². The zero-order chi connectivity index (χ0) is 12.5. The van der Waals surface area contributed by atoms with Crippen LogP contribution in [0, 0.1) is 0 Å². The third kappa shape index (κ3) is 2.52. The fourth-order valence-electron chi connectivity index (χ4n) is 1.84. The SMILES string of the molecule is COC(=O)c1cnc(N2CCC(C)(O)C2)cn1. The van der Waals surface area contributed by atoms with Gasteiger partial charge in [0.05, 0.1) is 25.1 Å². The highest BCUT2D eigenvalue weighted by Crippen LogP contribution is 2.24. The van der Waals surface area contributed by atoms with Crippen LogP contribution in [-0.4, -0.2) is 46.8 Å². The highest BCUT2D eigenvalue weighted by Gasteiger charge is 2.32. The first-order valence-corrected chi connectivity index (χ1v) is 5.39. The molecule has 2 heterocycles. The number of carbonyl (C=O) groups is 1. The molecule has 0 bridgehead atoms. The van der Waals surface area contributed by atoms with Crippen LogP contribution in [-0.2, 0) is 4.74 Å². The van der Waals surface area contributed by atoms with Crippen molar-refractivity contribution in [2.24, 2.45) is 0 Å². The van der Waals surface area contributed by atoms with E-state index in [1.807, 2.05) is 4.90 Å². The van der Waals surface area contributed by atoms with Crippen molar-refractivity contribution in [3.63, 3.8) is 0 Å². The summed E-state index contributed by atoms with van der Waals surface area (Å²) in [5.41, 5.74) is -0.495. The Bertz CT molecular complexity index is 416. The minimum absolute atomic E-state index is 0.183. The Morgan fingerprint density at radius 2 is 2.29 bits per heavy atom. The van der Waals surface area contributed by atoms with Gasteiger partial charge in [-0.05, 0) is 13.3 Å². The Labute approximate surface area is 99.2 Å². The average molecular weight is 237 g/mol. The number of aromatic nitrogens is 2. The van der Waals surface area contributed by atoms with E-state index in [0.29, 0.717) is 18.8 Å². The van der Waals surface area contributed by atoms with Crippen molar-refractivity contribution in [2.75, 3.05) is 25.1 Å². The molecule has 92 valence electrons. The van der Waals surface area contributed by atoms with E-state index in [4.69, 9.17) is 0 Å². The van der Waals surface area contributed by atoms with E-state index in [-0.39, 0.29) is 5.69 Å². The summed E-state index contributed by atoms with van der Waals surface area (Å²) in [6, 6.07) is 0. The molecular weight excluding hydrogens is 222 g/mol. The zero-order valence-electron chi connectivity index (χ0n) is 9.88. The van der Waals surface area contributed by atoms with Crippen LogP contribution in [0.3, 0.4) is 0 Å². The van der Waals surface area contributed by atoms with Gasteiger partial charge in [0.1, 0.15) is 5.82 Å². The van der Waals surface area contributed by atoms with Crippen molar-refractivity contribution in [2.45, 2.75) is 18.9 Å². The van der Waals surface area contributed by atoms with E-state index < -0.39 is 11.6 Å². The standard InChI is InChI=1S/C11H15N3O3/c1-11(16)3-4-14(7-11)9-6-12-8(5-13-9)10(15)17-2/h5-6,16H,3-4,7H2,1-2H3. The number of β-amino-alcohol motifs (C(OH)–C–C–N with tert-alkyl or cyclic N) is 1. The Hall–Kier alpha value is -1.69. The van der Waals surface area contributed by atoms with Crippen molar-refractivity contribution >= 4 is 11.8 Å². The third-order valence-electron chi connectivity index (χ3n) is 2.81.